The zero-order chi connectivity index (χ0) is 12.5. The molecule has 0 aliphatic rings. The summed E-state index contributed by atoms with van der Waals surface area (Å²) in [7, 11) is -4.31. The Morgan fingerprint density at radius 1 is 1.56 bits per heavy atom. The number of primary sulfonamides is 1. The molecule has 0 bridgehead atoms. The minimum Gasteiger partial charge on any atom is -0.245 e. The molecule has 86 valence electrons. The number of rotatable bonds is 2. The fraction of sp³-hybridized carbons (Fsp3) is 0.250. The summed E-state index contributed by atoms with van der Waals surface area (Å²) in [6.07, 6.45) is -2.37. The van der Waals surface area contributed by atoms with E-state index in [0.717, 1.165) is 0 Å². The standard InChI is InChI=1S/C8H7F2N3O2S/c1-4-6(2-11)13-3-5(8(9)10)7(4)16(12,14)15/h3,8H,1H3,(H2,12,14,15). The normalized spacial score (nSPS) is 11.5. The Balaban J connectivity index is 3.72. The fourth-order valence-electron chi connectivity index (χ4n) is 1.26. The molecule has 0 saturated heterocycles. The number of sulfonamides is 1. The van der Waals surface area contributed by atoms with Gasteiger partial charge in [0.25, 0.3) is 6.43 Å². The second-order valence-electron chi connectivity index (χ2n) is 2.97. The minimum absolute atomic E-state index is 0.164. The summed E-state index contributed by atoms with van der Waals surface area (Å²) < 4.78 is 47.4. The molecule has 0 atom stereocenters. The second-order valence-corrected chi connectivity index (χ2v) is 4.47. The predicted molar refractivity (Wildman–Crippen MR) is 50.0 cm³/mol. The number of alkyl halides is 2. The molecule has 8 heteroatoms. The summed E-state index contributed by atoms with van der Waals surface area (Å²) in [5.74, 6) is 0. The van der Waals surface area contributed by atoms with Crippen molar-refractivity contribution in [3.63, 3.8) is 0 Å². The van der Waals surface area contributed by atoms with Crippen molar-refractivity contribution in [3.8, 4) is 6.07 Å². The van der Waals surface area contributed by atoms with E-state index in [1.54, 1.807) is 6.07 Å². The van der Waals surface area contributed by atoms with Crippen molar-refractivity contribution in [3.05, 3.63) is 23.0 Å². The molecule has 5 nitrogen and oxygen atoms in total. The number of nitrogens with two attached hydrogens (primary N) is 1. The average Bonchev–Trinajstić information content (AvgIpc) is 2.14. The molecule has 2 N–H and O–H groups in total. The van der Waals surface area contributed by atoms with Crippen molar-refractivity contribution in [1.82, 2.24) is 4.98 Å². The zero-order valence-electron chi connectivity index (χ0n) is 8.11. The average molecular weight is 247 g/mol. The fourth-order valence-corrected chi connectivity index (χ4v) is 2.25. The minimum atomic E-state index is -4.31. The Bertz CT molecular complexity index is 563. The molecular formula is C8H7F2N3O2S. The zero-order valence-corrected chi connectivity index (χ0v) is 8.92. The molecule has 1 aromatic rings. The van der Waals surface area contributed by atoms with E-state index in [0.29, 0.717) is 6.20 Å². The topological polar surface area (TPSA) is 96.8 Å². The molecule has 1 aromatic heterocycles. The van der Waals surface area contributed by atoms with Gasteiger partial charge in [0.05, 0.1) is 10.5 Å². The van der Waals surface area contributed by atoms with Gasteiger partial charge in [-0.15, -0.1) is 0 Å². The van der Waals surface area contributed by atoms with Gasteiger partial charge in [0.1, 0.15) is 11.8 Å². The lowest BCUT2D eigenvalue weighted by Gasteiger charge is -2.10. The van der Waals surface area contributed by atoms with Crippen LogP contribution in [-0.4, -0.2) is 13.4 Å². The summed E-state index contributed by atoms with van der Waals surface area (Å²) in [4.78, 5) is 2.70. The maximum atomic E-state index is 12.5. The van der Waals surface area contributed by atoms with Crippen molar-refractivity contribution in [2.24, 2.45) is 5.14 Å². The van der Waals surface area contributed by atoms with Crippen LogP contribution in [0.5, 0.6) is 0 Å². The smallest absolute Gasteiger partial charge is 0.245 e. The third-order valence-electron chi connectivity index (χ3n) is 1.92. The van der Waals surface area contributed by atoms with Gasteiger partial charge in [-0.3, -0.25) is 0 Å². The largest absolute Gasteiger partial charge is 0.266 e. The Morgan fingerprint density at radius 3 is 2.50 bits per heavy atom. The Hall–Kier alpha value is -1.59. The Kier molecular flexibility index (Phi) is 3.21. The molecule has 1 rings (SSSR count). The van der Waals surface area contributed by atoms with Crippen molar-refractivity contribution in [2.45, 2.75) is 18.2 Å². The van der Waals surface area contributed by atoms with E-state index >= 15 is 0 Å². The second kappa shape index (κ2) is 4.11. The number of halogens is 2. The van der Waals surface area contributed by atoms with Gasteiger partial charge in [-0.2, -0.15) is 5.26 Å². The highest BCUT2D eigenvalue weighted by atomic mass is 32.2. The van der Waals surface area contributed by atoms with E-state index in [-0.39, 0.29) is 11.3 Å². The van der Waals surface area contributed by atoms with E-state index in [2.05, 4.69) is 4.98 Å². The maximum absolute atomic E-state index is 12.5. The molecule has 16 heavy (non-hydrogen) atoms. The van der Waals surface area contributed by atoms with Crippen LogP contribution in [0.2, 0.25) is 0 Å². The van der Waals surface area contributed by atoms with E-state index < -0.39 is 26.9 Å². The highest BCUT2D eigenvalue weighted by Crippen LogP contribution is 2.28. The van der Waals surface area contributed by atoms with Crippen LogP contribution in [0.4, 0.5) is 8.78 Å². The summed E-state index contributed by atoms with van der Waals surface area (Å²) >= 11 is 0. The lowest BCUT2D eigenvalue weighted by Crippen LogP contribution is -2.17. The van der Waals surface area contributed by atoms with Gasteiger partial charge in [0.2, 0.25) is 10.0 Å². The highest BCUT2D eigenvalue weighted by Gasteiger charge is 2.25. The van der Waals surface area contributed by atoms with Crippen molar-refractivity contribution in [1.29, 1.82) is 5.26 Å². The number of nitriles is 1. The Labute approximate surface area is 90.6 Å². The van der Waals surface area contributed by atoms with Crippen LogP contribution in [0.15, 0.2) is 11.1 Å². The van der Waals surface area contributed by atoms with Crippen LogP contribution in [-0.2, 0) is 10.0 Å². The van der Waals surface area contributed by atoms with Crippen LogP contribution in [0.25, 0.3) is 0 Å². The quantitative estimate of drug-likeness (QED) is 0.837. The van der Waals surface area contributed by atoms with Gasteiger partial charge < -0.3 is 0 Å². The van der Waals surface area contributed by atoms with Crippen LogP contribution < -0.4 is 5.14 Å². The summed E-state index contributed by atoms with van der Waals surface area (Å²) in [6, 6.07) is 1.60. The van der Waals surface area contributed by atoms with Gasteiger partial charge in [-0.25, -0.2) is 27.3 Å². The lowest BCUT2D eigenvalue weighted by molar-refractivity contribution is 0.147. The SMILES string of the molecule is Cc1c(C#N)ncc(C(F)F)c1S(N)(=O)=O. The first-order valence-electron chi connectivity index (χ1n) is 3.99. The first-order valence-corrected chi connectivity index (χ1v) is 5.54. The molecule has 0 spiro atoms. The summed E-state index contributed by atoms with van der Waals surface area (Å²) in [5, 5.41) is 13.4. The number of nitrogens with zero attached hydrogens (tertiary/aromatic N) is 2. The molecular weight excluding hydrogens is 240 g/mol. The number of hydrogen-bond acceptors (Lipinski definition) is 4. The lowest BCUT2D eigenvalue weighted by atomic mass is 10.1. The van der Waals surface area contributed by atoms with Crippen molar-refractivity contribution in [2.75, 3.05) is 0 Å². The van der Waals surface area contributed by atoms with E-state index in [4.69, 9.17) is 10.4 Å². The molecule has 0 saturated carbocycles. The van der Waals surface area contributed by atoms with Crippen molar-refractivity contribution >= 4 is 10.0 Å². The molecule has 0 aliphatic heterocycles. The predicted octanol–water partition coefficient (Wildman–Crippen LogP) is 0.847. The van der Waals surface area contributed by atoms with Gasteiger partial charge in [-0.1, -0.05) is 0 Å². The summed E-state index contributed by atoms with van der Waals surface area (Å²) in [6.45, 7) is 1.21. The molecule has 1 heterocycles. The van der Waals surface area contributed by atoms with Crippen LogP contribution >= 0.6 is 0 Å². The molecule has 0 radical (unpaired) electrons. The van der Waals surface area contributed by atoms with E-state index in [1.165, 1.54) is 6.92 Å². The van der Waals surface area contributed by atoms with Crippen LogP contribution in [0.1, 0.15) is 23.2 Å². The van der Waals surface area contributed by atoms with Gasteiger partial charge >= 0.3 is 0 Å². The van der Waals surface area contributed by atoms with Gasteiger partial charge in [-0.05, 0) is 6.92 Å². The molecule has 0 aromatic carbocycles. The summed E-state index contributed by atoms with van der Waals surface area (Å²) in [5.41, 5.74) is -1.20. The number of aromatic nitrogens is 1. The van der Waals surface area contributed by atoms with Gasteiger partial charge in [0, 0.05) is 11.8 Å². The van der Waals surface area contributed by atoms with E-state index in [1.807, 2.05) is 0 Å². The Morgan fingerprint density at radius 2 is 2.12 bits per heavy atom. The molecule has 0 fully saturated rings. The van der Waals surface area contributed by atoms with Gasteiger partial charge in [0.15, 0.2) is 0 Å². The van der Waals surface area contributed by atoms with Crippen LogP contribution in [0.3, 0.4) is 0 Å². The monoisotopic (exact) mass is 247 g/mol. The molecule has 0 aliphatic carbocycles. The first kappa shape index (κ1) is 12.5. The maximum Gasteiger partial charge on any atom is 0.266 e. The molecule has 0 amide bonds. The first-order chi connectivity index (χ1) is 7.29. The number of hydrogen-bond donors (Lipinski definition) is 1. The van der Waals surface area contributed by atoms with Crippen molar-refractivity contribution < 1.29 is 17.2 Å². The van der Waals surface area contributed by atoms with Crippen LogP contribution in [0, 0.1) is 18.3 Å². The third kappa shape index (κ3) is 2.15. The number of pyridine rings is 1. The highest BCUT2D eigenvalue weighted by molar-refractivity contribution is 7.89. The third-order valence-corrected chi connectivity index (χ3v) is 3.03. The van der Waals surface area contributed by atoms with E-state index in [9.17, 15) is 17.2 Å². The molecule has 0 unspecified atom stereocenters.